The van der Waals surface area contributed by atoms with Crippen molar-refractivity contribution in [3.63, 3.8) is 0 Å². The van der Waals surface area contributed by atoms with Crippen molar-refractivity contribution in [3.05, 3.63) is 71.3 Å². The van der Waals surface area contributed by atoms with Crippen molar-refractivity contribution in [2.24, 2.45) is 0 Å². The maximum absolute atomic E-state index is 11.9. The first-order valence-electron chi connectivity index (χ1n) is 6.84. The van der Waals surface area contributed by atoms with E-state index in [-0.39, 0.29) is 18.9 Å². The van der Waals surface area contributed by atoms with E-state index in [1.54, 1.807) is 0 Å². The molecule has 118 valence electrons. The summed E-state index contributed by atoms with van der Waals surface area (Å²) < 4.78 is 5.00. The van der Waals surface area contributed by atoms with E-state index < -0.39 is 11.3 Å². The van der Waals surface area contributed by atoms with Crippen LogP contribution in [0.5, 0.6) is 0 Å². The van der Waals surface area contributed by atoms with Gasteiger partial charge in [0.05, 0.1) is 6.54 Å². The first-order valence-corrected chi connectivity index (χ1v) is 7.21. The number of ether oxygens (including phenoxy) is 1. The van der Waals surface area contributed by atoms with Crippen LogP contribution in [0.1, 0.15) is 26.3 Å². The normalized spacial score (nSPS) is 9.96. The van der Waals surface area contributed by atoms with E-state index in [9.17, 15) is 14.4 Å². The summed E-state index contributed by atoms with van der Waals surface area (Å²) in [6, 6.07) is 15.1. The fraction of sp³-hybridized carbons (Fsp3) is 0.118. The molecular weight excluding hydrogens is 318 g/mol. The van der Waals surface area contributed by atoms with Gasteiger partial charge in [-0.15, -0.1) is 0 Å². The third kappa shape index (κ3) is 5.23. The van der Waals surface area contributed by atoms with Gasteiger partial charge in [-0.05, 0) is 29.3 Å². The molecule has 0 aliphatic heterocycles. The molecule has 2 rings (SSSR count). The van der Waals surface area contributed by atoms with Crippen LogP contribution in [-0.4, -0.2) is 23.7 Å². The number of carbonyl (C=O) groups excluding carboxylic acids is 3. The fourth-order valence-corrected chi connectivity index (χ4v) is 1.94. The highest BCUT2D eigenvalue weighted by molar-refractivity contribution is 6.67. The fourth-order valence-electron chi connectivity index (χ4n) is 1.82. The molecule has 0 spiro atoms. The molecule has 0 aromatic heterocycles. The maximum atomic E-state index is 11.9. The van der Waals surface area contributed by atoms with Crippen LogP contribution in [0.25, 0.3) is 0 Å². The lowest BCUT2D eigenvalue weighted by Crippen LogP contribution is -2.30. The summed E-state index contributed by atoms with van der Waals surface area (Å²) >= 11 is 5.33. The Bertz CT molecular complexity index is 698. The van der Waals surface area contributed by atoms with Gasteiger partial charge < -0.3 is 10.1 Å². The highest BCUT2D eigenvalue weighted by atomic mass is 35.5. The van der Waals surface area contributed by atoms with Gasteiger partial charge in [0.2, 0.25) is 0 Å². The Labute approximate surface area is 138 Å². The van der Waals surface area contributed by atoms with Crippen molar-refractivity contribution in [3.8, 4) is 0 Å². The molecule has 1 amide bonds. The summed E-state index contributed by atoms with van der Waals surface area (Å²) in [6.07, 6.45) is -0.672. The molecule has 2 aromatic carbocycles. The third-order valence-electron chi connectivity index (χ3n) is 3.04. The number of amides is 1. The van der Waals surface area contributed by atoms with Gasteiger partial charge in [-0.2, -0.15) is 0 Å². The molecule has 0 aliphatic rings. The smallest absolute Gasteiger partial charge is 0.407 e. The van der Waals surface area contributed by atoms with Crippen LogP contribution in [0.2, 0.25) is 0 Å². The first-order chi connectivity index (χ1) is 11.1. The molecule has 0 aliphatic carbocycles. The number of Topliss-reactive ketones (excluding diaryl/α,β-unsaturated/α-hetero) is 1. The van der Waals surface area contributed by atoms with Gasteiger partial charge in [-0.3, -0.25) is 9.59 Å². The van der Waals surface area contributed by atoms with Crippen molar-refractivity contribution < 1.29 is 19.1 Å². The van der Waals surface area contributed by atoms with Gasteiger partial charge in [-0.1, -0.05) is 42.5 Å². The van der Waals surface area contributed by atoms with Gasteiger partial charge in [0.25, 0.3) is 5.24 Å². The number of ketones is 1. The molecule has 5 nitrogen and oxygen atoms in total. The molecule has 23 heavy (non-hydrogen) atoms. The van der Waals surface area contributed by atoms with E-state index in [2.05, 4.69) is 5.32 Å². The summed E-state index contributed by atoms with van der Waals surface area (Å²) in [6.45, 7) is -0.0603. The molecular formula is C17H14ClNO4. The molecule has 0 fully saturated rings. The largest absolute Gasteiger partial charge is 0.445 e. The van der Waals surface area contributed by atoms with E-state index in [1.165, 1.54) is 24.3 Å². The van der Waals surface area contributed by atoms with E-state index >= 15 is 0 Å². The zero-order chi connectivity index (χ0) is 16.7. The van der Waals surface area contributed by atoms with Crippen LogP contribution in [0.3, 0.4) is 0 Å². The van der Waals surface area contributed by atoms with Crippen molar-refractivity contribution in [2.45, 2.75) is 6.61 Å². The Morgan fingerprint density at radius 3 is 2.13 bits per heavy atom. The Balaban J connectivity index is 1.79. The second kappa shape index (κ2) is 8.10. The minimum Gasteiger partial charge on any atom is -0.445 e. The van der Waals surface area contributed by atoms with Gasteiger partial charge >= 0.3 is 6.09 Å². The lowest BCUT2D eigenvalue weighted by atomic mass is 10.1. The van der Waals surface area contributed by atoms with E-state index in [0.29, 0.717) is 11.1 Å². The summed E-state index contributed by atoms with van der Waals surface area (Å²) in [5, 5.41) is 1.79. The Kier molecular flexibility index (Phi) is 5.88. The zero-order valence-corrected chi connectivity index (χ0v) is 12.9. The number of carbonyl (C=O) groups is 3. The van der Waals surface area contributed by atoms with Crippen LogP contribution >= 0.6 is 11.6 Å². The lowest BCUT2D eigenvalue weighted by Gasteiger charge is -2.07. The van der Waals surface area contributed by atoms with E-state index in [0.717, 1.165) is 5.56 Å². The van der Waals surface area contributed by atoms with Gasteiger partial charge in [0.15, 0.2) is 5.78 Å². The SMILES string of the molecule is O=C(NCC(=O)c1ccc(C(=O)Cl)cc1)OCc1ccccc1. The molecule has 2 aromatic rings. The van der Waals surface area contributed by atoms with E-state index in [1.807, 2.05) is 30.3 Å². The van der Waals surface area contributed by atoms with Crippen LogP contribution in [0.4, 0.5) is 4.79 Å². The van der Waals surface area contributed by atoms with Crippen LogP contribution < -0.4 is 5.32 Å². The number of hydrogen-bond donors (Lipinski definition) is 1. The standard InChI is InChI=1S/C17H14ClNO4/c18-16(21)14-8-6-13(7-9-14)15(20)10-19-17(22)23-11-12-4-2-1-3-5-12/h1-9H,10-11H2,(H,19,22). The molecule has 0 saturated carbocycles. The lowest BCUT2D eigenvalue weighted by molar-refractivity contribution is 0.0973. The van der Waals surface area contributed by atoms with Crippen LogP contribution in [-0.2, 0) is 11.3 Å². The number of benzene rings is 2. The molecule has 0 bridgehead atoms. The second-order valence-corrected chi connectivity index (χ2v) is 5.03. The third-order valence-corrected chi connectivity index (χ3v) is 3.26. The second-order valence-electron chi connectivity index (χ2n) is 4.69. The summed E-state index contributed by atoms with van der Waals surface area (Å²) in [7, 11) is 0. The highest BCUT2D eigenvalue weighted by Gasteiger charge is 2.10. The van der Waals surface area contributed by atoms with Crippen molar-refractivity contribution in [2.75, 3.05) is 6.54 Å². The number of alkyl carbamates (subject to hydrolysis) is 1. The van der Waals surface area contributed by atoms with E-state index in [4.69, 9.17) is 16.3 Å². The minimum atomic E-state index is -0.672. The molecule has 0 heterocycles. The molecule has 1 N–H and O–H groups in total. The highest BCUT2D eigenvalue weighted by Crippen LogP contribution is 2.07. The number of nitrogens with one attached hydrogen (secondary N) is 1. The summed E-state index contributed by atoms with van der Waals surface area (Å²) in [5.74, 6) is -0.296. The summed E-state index contributed by atoms with van der Waals surface area (Å²) in [5.41, 5.74) is 1.53. The van der Waals surface area contributed by atoms with Crippen molar-refractivity contribution >= 4 is 28.7 Å². The van der Waals surface area contributed by atoms with Gasteiger partial charge in [0.1, 0.15) is 6.61 Å². The number of hydrogen-bond acceptors (Lipinski definition) is 4. The van der Waals surface area contributed by atoms with Crippen LogP contribution in [0, 0.1) is 0 Å². The number of halogens is 1. The molecule has 0 atom stereocenters. The monoisotopic (exact) mass is 331 g/mol. The van der Waals surface area contributed by atoms with Gasteiger partial charge in [0, 0.05) is 11.1 Å². The topological polar surface area (TPSA) is 72.5 Å². The Hall–Kier alpha value is -2.66. The average Bonchev–Trinajstić information content (AvgIpc) is 2.58. The maximum Gasteiger partial charge on any atom is 0.407 e. The molecule has 0 radical (unpaired) electrons. The van der Waals surface area contributed by atoms with Crippen molar-refractivity contribution in [1.29, 1.82) is 0 Å². The molecule has 0 unspecified atom stereocenters. The molecule has 0 saturated heterocycles. The zero-order valence-electron chi connectivity index (χ0n) is 12.1. The molecule has 6 heteroatoms. The number of rotatable bonds is 6. The Morgan fingerprint density at radius 2 is 1.52 bits per heavy atom. The first kappa shape index (κ1) is 16.7. The predicted octanol–water partition coefficient (Wildman–Crippen LogP) is 3.17. The van der Waals surface area contributed by atoms with Crippen molar-refractivity contribution in [1.82, 2.24) is 5.32 Å². The van der Waals surface area contributed by atoms with Crippen LogP contribution in [0.15, 0.2) is 54.6 Å². The Morgan fingerprint density at radius 1 is 0.913 bits per heavy atom. The van der Waals surface area contributed by atoms with Gasteiger partial charge in [-0.25, -0.2) is 4.79 Å². The predicted molar refractivity (Wildman–Crippen MR) is 85.6 cm³/mol. The minimum absolute atomic E-state index is 0.132. The average molecular weight is 332 g/mol. The quantitative estimate of drug-likeness (QED) is 0.652. The summed E-state index contributed by atoms with van der Waals surface area (Å²) in [4.78, 5) is 34.4.